The van der Waals surface area contributed by atoms with Crippen LogP contribution in [-0.2, 0) is 24.7 Å². The molecule has 8 nitrogen and oxygen atoms in total. The minimum absolute atomic E-state index is 0.430. The Hall–Kier alpha value is -3.68. The quantitative estimate of drug-likeness (QED) is 0.582. The van der Waals surface area contributed by atoms with E-state index in [-0.39, 0.29) is 0 Å². The largest absolute Gasteiger partial charge is 0.451 e. The lowest BCUT2D eigenvalue weighted by atomic mass is 9.92. The number of likely N-dealkylation sites (N-methyl/N-ethyl adjacent to an activating group) is 1. The summed E-state index contributed by atoms with van der Waals surface area (Å²) in [5.41, 5.74) is -0.0153. The van der Waals surface area contributed by atoms with E-state index in [9.17, 15) is 19.2 Å². The van der Waals surface area contributed by atoms with Gasteiger partial charge in [-0.05, 0) is 31.5 Å². The van der Waals surface area contributed by atoms with Crippen molar-refractivity contribution in [1.82, 2.24) is 10.2 Å². The summed E-state index contributed by atoms with van der Waals surface area (Å²) in [6.07, 6.45) is -1.08. The molecule has 1 fully saturated rings. The van der Waals surface area contributed by atoms with Crippen molar-refractivity contribution in [3.05, 3.63) is 66.2 Å². The third kappa shape index (κ3) is 4.03. The third-order valence-electron chi connectivity index (χ3n) is 5.04. The smallest absolute Gasteiger partial charge is 0.327 e. The van der Waals surface area contributed by atoms with Crippen LogP contribution in [0.2, 0.25) is 0 Å². The Labute approximate surface area is 174 Å². The second kappa shape index (κ2) is 8.36. The van der Waals surface area contributed by atoms with Crippen molar-refractivity contribution in [2.75, 3.05) is 18.5 Å². The maximum Gasteiger partial charge on any atom is 0.327 e. The van der Waals surface area contributed by atoms with E-state index in [4.69, 9.17) is 4.74 Å². The molecular formula is C22H23N3O5. The van der Waals surface area contributed by atoms with Crippen LogP contribution >= 0.6 is 0 Å². The van der Waals surface area contributed by atoms with Gasteiger partial charge in [-0.3, -0.25) is 19.3 Å². The van der Waals surface area contributed by atoms with Gasteiger partial charge in [0.2, 0.25) is 0 Å². The van der Waals surface area contributed by atoms with E-state index in [0.29, 0.717) is 11.3 Å². The molecule has 1 aliphatic rings. The summed E-state index contributed by atoms with van der Waals surface area (Å²) >= 11 is 0. The van der Waals surface area contributed by atoms with E-state index >= 15 is 0 Å². The van der Waals surface area contributed by atoms with Gasteiger partial charge in [0.25, 0.3) is 11.8 Å². The lowest BCUT2D eigenvalue weighted by molar-refractivity contribution is -0.155. The van der Waals surface area contributed by atoms with Crippen molar-refractivity contribution < 1.29 is 23.9 Å². The average Bonchev–Trinajstić information content (AvgIpc) is 2.97. The summed E-state index contributed by atoms with van der Waals surface area (Å²) in [5.74, 6) is -1.84. The van der Waals surface area contributed by atoms with Gasteiger partial charge in [0.1, 0.15) is 12.1 Å². The van der Waals surface area contributed by atoms with Crippen molar-refractivity contribution in [3.8, 4) is 0 Å². The predicted octanol–water partition coefficient (Wildman–Crippen LogP) is 2.05. The van der Waals surface area contributed by atoms with Crippen LogP contribution in [0.3, 0.4) is 0 Å². The monoisotopic (exact) mass is 409 g/mol. The van der Waals surface area contributed by atoms with Crippen LogP contribution in [-0.4, -0.2) is 48.4 Å². The van der Waals surface area contributed by atoms with E-state index < -0.39 is 42.0 Å². The van der Waals surface area contributed by atoms with E-state index in [1.807, 2.05) is 6.07 Å². The maximum absolute atomic E-state index is 12.8. The molecule has 0 unspecified atom stereocenters. The van der Waals surface area contributed by atoms with Crippen LogP contribution in [0.4, 0.5) is 10.5 Å². The third-order valence-corrected chi connectivity index (χ3v) is 5.04. The molecule has 0 aromatic heterocycles. The van der Waals surface area contributed by atoms with Crippen LogP contribution in [0.25, 0.3) is 0 Å². The Bertz CT molecular complexity index is 963. The first kappa shape index (κ1) is 21.0. The zero-order valence-electron chi connectivity index (χ0n) is 17.0. The van der Waals surface area contributed by atoms with Crippen molar-refractivity contribution in [2.24, 2.45) is 0 Å². The highest BCUT2D eigenvalue weighted by molar-refractivity contribution is 6.09. The number of para-hydroxylation sites is 1. The van der Waals surface area contributed by atoms with Crippen molar-refractivity contribution in [3.63, 3.8) is 0 Å². The van der Waals surface area contributed by atoms with E-state index in [2.05, 4.69) is 5.32 Å². The molecule has 4 amide bonds. The number of imide groups is 1. The number of benzene rings is 2. The second-order valence-corrected chi connectivity index (χ2v) is 7.18. The van der Waals surface area contributed by atoms with Crippen molar-refractivity contribution >= 4 is 29.5 Å². The van der Waals surface area contributed by atoms with Gasteiger partial charge in [-0.2, -0.15) is 0 Å². The van der Waals surface area contributed by atoms with Gasteiger partial charge < -0.3 is 15.0 Å². The molecule has 3 rings (SSSR count). The summed E-state index contributed by atoms with van der Waals surface area (Å²) in [4.78, 5) is 52.2. The first-order valence-electron chi connectivity index (χ1n) is 9.46. The normalized spacial score (nSPS) is 19.2. The first-order valence-corrected chi connectivity index (χ1v) is 9.46. The highest BCUT2D eigenvalue weighted by Gasteiger charge is 2.49. The molecule has 0 radical (unpaired) electrons. The molecular weight excluding hydrogens is 386 g/mol. The van der Waals surface area contributed by atoms with E-state index in [1.54, 1.807) is 68.6 Å². The molecule has 0 aliphatic carbocycles. The van der Waals surface area contributed by atoms with Gasteiger partial charge in [-0.15, -0.1) is 0 Å². The fourth-order valence-electron chi connectivity index (χ4n) is 3.27. The molecule has 30 heavy (non-hydrogen) atoms. The number of nitrogens with one attached hydrogen (secondary N) is 1. The Balaban J connectivity index is 1.64. The molecule has 1 heterocycles. The van der Waals surface area contributed by atoms with Gasteiger partial charge in [-0.25, -0.2) is 4.79 Å². The van der Waals surface area contributed by atoms with Crippen LogP contribution in [0, 0.1) is 0 Å². The number of hydrogen-bond acceptors (Lipinski definition) is 5. The fraction of sp³-hybridized carbons (Fsp3) is 0.273. The minimum atomic E-state index is -1.27. The molecule has 8 heteroatoms. The van der Waals surface area contributed by atoms with Crippen LogP contribution in [0.1, 0.15) is 19.4 Å². The Morgan fingerprint density at radius 1 is 1.07 bits per heavy atom. The highest BCUT2D eigenvalue weighted by atomic mass is 16.5. The Morgan fingerprint density at radius 3 is 2.23 bits per heavy atom. The Kier molecular flexibility index (Phi) is 5.86. The fourth-order valence-corrected chi connectivity index (χ4v) is 3.27. The number of rotatable bonds is 6. The number of ether oxygens (including phenoxy) is 1. The maximum atomic E-state index is 12.8. The summed E-state index contributed by atoms with van der Waals surface area (Å²) in [5, 5.41) is 2.62. The molecule has 156 valence electrons. The number of carbonyl (C=O) groups is 4. The molecule has 1 aliphatic heterocycles. The zero-order chi connectivity index (χ0) is 21.9. The summed E-state index contributed by atoms with van der Waals surface area (Å²) in [6, 6.07) is 17.0. The molecule has 0 saturated carbocycles. The lowest BCUT2D eigenvalue weighted by Crippen LogP contribution is -2.43. The summed E-state index contributed by atoms with van der Waals surface area (Å²) in [6.45, 7) is 2.44. The van der Waals surface area contributed by atoms with Gasteiger partial charge >= 0.3 is 12.0 Å². The molecule has 1 N–H and O–H groups in total. The molecule has 2 aromatic carbocycles. The number of esters is 1. The summed E-state index contributed by atoms with van der Waals surface area (Å²) in [7, 11) is 1.57. The van der Waals surface area contributed by atoms with Crippen LogP contribution in [0.15, 0.2) is 60.7 Å². The SMILES string of the molecule is C[C@H](OC(=O)CN1C(=O)N[C@](C)(c2ccccc2)C1=O)C(=O)N(C)c1ccccc1. The molecule has 2 aromatic rings. The number of amides is 4. The van der Waals surface area contributed by atoms with Gasteiger partial charge in [0.05, 0.1) is 0 Å². The number of urea groups is 1. The van der Waals surface area contributed by atoms with Crippen molar-refractivity contribution in [1.29, 1.82) is 0 Å². The number of anilines is 1. The van der Waals surface area contributed by atoms with E-state index in [0.717, 1.165) is 4.90 Å². The van der Waals surface area contributed by atoms with Crippen molar-refractivity contribution in [2.45, 2.75) is 25.5 Å². The number of carbonyl (C=O) groups excluding carboxylic acids is 4. The van der Waals surface area contributed by atoms with Gasteiger partial charge in [0, 0.05) is 12.7 Å². The highest BCUT2D eigenvalue weighted by Crippen LogP contribution is 2.28. The predicted molar refractivity (Wildman–Crippen MR) is 109 cm³/mol. The van der Waals surface area contributed by atoms with Crippen LogP contribution < -0.4 is 10.2 Å². The molecule has 0 spiro atoms. The minimum Gasteiger partial charge on any atom is -0.451 e. The topological polar surface area (TPSA) is 96.0 Å². The first-order chi connectivity index (χ1) is 14.2. The number of nitrogens with zero attached hydrogens (tertiary/aromatic N) is 2. The molecule has 0 bridgehead atoms. The standard InChI is InChI=1S/C22H23N3O5/c1-15(19(27)24(3)17-12-8-5-9-13-17)30-18(26)14-25-20(28)22(2,23-21(25)29)16-10-6-4-7-11-16/h4-13,15H,14H2,1-3H3,(H,23,29)/t15-,22+/m0/s1. The van der Waals surface area contributed by atoms with Gasteiger partial charge in [0.15, 0.2) is 6.10 Å². The van der Waals surface area contributed by atoms with Gasteiger partial charge in [-0.1, -0.05) is 48.5 Å². The average molecular weight is 409 g/mol. The molecule has 2 atom stereocenters. The van der Waals surface area contributed by atoms with Crippen LogP contribution in [0.5, 0.6) is 0 Å². The Morgan fingerprint density at radius 2 is 1.63 bits per heavy atom. The zero-order valence-corrected chi connectivity index (χ0v) is 17.0. The lowest BCUT2D eigenvalue weighted by Gasteiger charge is -2.23. The molecule has 1 saturated heterocycles. The second-order valence-electron chi connectivity index (χ2n) is 7.18. The summed E-state index contributed by atoms with van der Waals surface area (Å²) < 4.78 is 5.18. The number of hydrogen-bond donors (Lipinski definition) is 1. The van der Waals surface area contributed by atoms with E-state index in [1.165, 1.54) is 11.8 Å².